The summed E-state index contributed by atoms with van der Waals surface area (Å²) in [6.45, 7) is 6.14. The molecule has 6 nitrogen and oxygen atoms in total. The molecule has 0 bridgehead atoms. The molecule has 2 aliphatic rings. The zero-order valence-corrected chi connectivity index (χ0v) is 20.1. The summed E-state index contributed by atoms with van der Waals surface area (Å²) >= 11 is 0. The first-order valence-electron chi connectivity index (χ1n) is 12.4. The van der Waals surface area contributed by atoms with Crippen molar-refractivity contribution in [2.24, 2.45) is 5.92 Å². The second kappa shape index (κ2) is 10.4. The van der Waals surface area contributed by atoms with Gasteiger partial charge in [0.1, 0.15) is 17.4 Å². The van der Waals surface area contributed by atoms with Crippen LogP contribution in [0.4, 0.5) is 4.39 Å². The van der Waals surface area contributed by atoms with E-state index in [1.165, 1.54) is 38.4 Å². The molecule has 0 unspecified atom stereocenters. The Morgan fingerprint density at radius 2 is 1.94 bits per heavy atom. The lowest BCUT2D eigenvalue weighted by Crippen LogP contribution is -2.30. The molecule has 2 aliphatic heterocycles. The van der Waals surface area contributed by atoms with Gasteiger partial charge < -0.3 is 24.1 Å². The number of ether oxygens (including phenoxy) is 3. The highest BCUT2D eigenvalue weighted by Gasteiger charge is 2.23. The van der Waals surface area contributed by atoms with Crippen LogP contribution >= 0.6 is 0 Å². The van der Waals surface area contributed by atoms with Crippen molar-refractivity contribution in [1.29, 1.82) is 0 Å². The summed E-state index contributed by atoms with van der Waals surface area (Å²) in [5.74, 6) is 2.03. The van der Waals surface area contributed by atoms with Gasteiger partial charge >= 0.3 is 0 Å². The Bertz CT molecular complexity index is 1120. The van der Waals surface area contributed by atoms with Gasteiger partial charge in [-0.1, -0.05) is 0 Å². The minimum atomic E-state index is -0.474. The molecule has 1 aromatic heterocycles. The maximum atomic E-state index is 14.1. The van der Waals surface area contributed by atoms with Crippen LogP contribution in [-0.2, 0) is 9.47 Å². The van der Waals surface area contributed by atoms with Crippen LogP contribution in [0.1, 0.15) is 49.5 Å². The molecule has 0 amide bonds. The van der Waals surface area contributed by atoms with Crippen LogP contribution < -0.4 is 4.74 Å². The molecule has 182 valence electrons. The number of piperidine rings is 1. The van der Waals surface area contributed by atoms with Gasteiger partial charge in [0.15, 0.2) is 6.29 Å². The van der Waals surface area contributed by atoms with E-state index in [0.29, 0.717) is 36.7 Å². The molecule has 3 aromatic rings. The second-order valence-corrected chi connectivity index (χ2v) is 9.57. The van der Waals surface area contributed by atoms with Gasteiger partial charge in [0.2, 0.25) is 0 Å². The van der Waals surface area contributed by atoms with E-state index in [1.54, 1.807) is 13.0 Å². The van der Waals surface area contributed by atoms with Crippen LogP contribution in [0.25, 0.3) is 22.4 Å². The van der Waals surface area contributed by atoms with Crippen LogP contribution in [0, 0.1) is 18.7 Å². The first-order chi connectivity index (χ1) is 16.6. The van der Waals surface area contributed by atoms with Gasteiger partial charge in [-0.15, -0.1) is 0 Å². The average Bonchev–Trinajstić information content (AvgIpc) is 3.31. The van der Waals surface area contributed by atoms with E-state index in [0.717, 1.165) is 41.2 Å². The van der Waals surface area contributed by atoms with E-state index in [9.17, 15) is 4.39 Å². The van der Waals surface area contributed by atoms with Crippen LogP contribution in [-0.4, -0.2) is 54.8 Å². The van der Waals surface area contributed by atoms with Gasteiger partial charge in [-0.2, -0.15) is 0 Å². The number of aryl methyl sites for hydroxylation is 1. The molecule has 0 atom stereocenters. The molecule has 2 fully saturated rings. The molecule has 0 radical (unpaired) electrons. The number of hydrogen-bond acceptors (Lipinski definition) is 5. The number of aromatic nitrogens is 2. The Morgan fingerprint density at radius 1 is 1.15 bits per heavy atom. The maximum Gasteiger partial charge on any atom is 0.184 e. The molecule has 2 saturated heterocycles. The quantitative estimate of drug-likeness (QED) is 0.458. The largest absolute Gasteiger partial charge is 0.494 e. The predicted octanol–water partition coefficient (Wildman–Crippen LogP) is 5.61. The molecule has 0 saturated carbocycles. The fraction of sp³-hybridized carbons (Fsp3) is 0.519. The van der Waals surface area contributed by atoms with Crippen molar-refractivity contribution in [1.82, 2.24) is 14.9 Å². The third kappa shape index (κ3) is 5.11. The summed E-state index contributed by atoms with van der Waals surface area (Å²) in [6, 6.07) is 9.16. The molecule has 34 heavy (non-hydrogen) atoms. The van der Waals surface area contributed by atoms with Crippen molar-refractivity contribution in [3.8, 4) is 17.1 Å². The molecule has 7 heteroatoms. The molecular formula is C27H34FN3O3. The van der Waals surface area contributed by atoms with E-state index in [2.05, 4.69) is 16.9 Å². The lowest BCUT2D eigenvalue weighted by Gasteiger charge is -2.28. The minimum absolute atomic E-state index is 0.256. The highest BCUT2D eigenvalue weighted by Crippen LogP contribution is 2.35. The highest BCUT2D eigenvalue weighted by molar-refractivity contribution is 5.83. The fourth-order valence-electron chi connectivity index (χ4n) is 4.94. The lowest BCUT2D eigenvalue weighted by molar-refractivity contribution is -0.182. The van der Waals surface area contributed by atoms with Crippen molar-refractivity contribution < 1.29 is 18.6 Å². The van der Waals surface area contributed by atoms with Gasteiger partial charge in [-0.3, -0.25) is 0 Å². The standard InChI is InChI=1S/C27H34FN3O3/c1-18-23(28)8-9-24-25(18)30-26(29-24)21-7-6-20(17-22(21)27-33-15-4-16-34-27)32-14-3-5-19-10-12-31(2)13-11-19/h6-9,17,19,27H,3-5,10-16H2,1-2H3,(H,29,30). The molecular weight excluding hydrogens is 433 g/mol. The molecule has 1 N–H and O–H groups in total. The Kier molecular flexibility index (Phi) is 7.13. The number of benzene rings is 2. The number of nitrogens with zero attached hydrogens (tertiary/aromatic N) is 2. The summed E-state index contributed by atoms with van der Waals surface area (Å²) in [7, 11) is 2.20. The van der Waals surface area contributed by atoms with Crippen LogP contribution in [0.5, 0.6) is 5.75 Å². The van der Waals surface area contributed by atoms with Crippen LogP contribution in [0.3, 0.4) is 0 Å². The van der Waals surface area contributed by atoms with Crippen molar-refractivity contribution in [2.75, 3.05) is 40.0 Å². The molecule has 3 heterocycles. The SMILES string of the molecule is Cc1c(F)ccc2[nH]c(-c3ccc(OCCCC4CCN(C)CC4)cc3C3OCCCO3)nc12. The zero-order chi connectivity index (χ0) is 23.5. The number of hydrogen-bond donors (Lipinski definition) is 1. The predicted molar refractivity (Wildman–Crippen MR) is 130 cm³/mol. The number of likely N-dealkylation sites (tertiary alicyclic amines) is 1. The third-order valence-electron chi connectivity index (χ3n) is 7.06. The zero-order valence-electron chi connectivity index (χ0n) is 20.1. The topological polar surface area (TPSA) is 59.6 Å². The van der Waals surface area contributed by atoms with E-state index in [4.69, 9.17) is 19.2 Å². The fourth-order valence-corrected chi connectivity index (χ4v) is 4.94. The summed E-state index contributed by atoms with van der Waals surface area (Å²) < 4.78 is 32.0. The van der Waals surface area contributed by atoms with Gasteiger partial charge in [0.25, 0.3) is 0 Å². The number of imidazole rings is 1. The van der Waals surface area contributed by atoms with Crippen molar-refractivity contribution in [3.63, 3.8) is 0 Å². The van der Waals surface area contributed by atoms with Crippen molar-refractivity contribution in [2.45, 2.75) is 45.3 Å². The van der Waals surface area contributed by atoms with Crippen molar-refractivity contribution in [3.05, 3.63) is 47.3 Å². The number of fused-ring (bicyclic) bond motifs is 1. The Hall–Kier alpha value is -2.48. The van der Waals surface area contributed by atoms with Gasteiger partial charge in [-0.25, -0.2) is 9.37 Å². The minimum Gasteiger partial charge on any atom is -0.494 e. The van der Waals surface area contributed by atoms with Crippen molar-refractivity contribution >= 4 is 11.0 Å². The summed E-state index contributed by atoms with van der Waals surface area (Å²) in [4.78, 5) is 10.5. The molecule has 0 aliphatic carbocycles. The lowest BCUT2D eigenvalue weighted by atomic mass is 9.93. The second-order valence-electron chi connectivity index (χ2n) is 9.57. The van der Waals surface area contributed by atoms with E-state index in [-0.39, 0.29) is 5.82 Å². The summed E-state index contributed by atoms with van der Waals surface area (Å²) in [5.41, 5.74) is 3.74. The van der Waals surface area contributed by atoms with E-state index < -0.39 is 6.29 Å². The average molecular weight is 468 g/mol. The molecule has 5 rings (SSSR count). The Labute approximate surface area is 200 Å². The first kappa shape index (κ1) is 23.3. The number of H-pyrrole nitrogens is 1. The molecule has 0 spiro atoms. The van der Waals surface area contributed by atoms with E-state index >= 15 is 0 Å². The third-order valence-corrected chi connectivity index (χ3v) is 7.06. The van der Waals surface area contributed by atoms with Gasteiger partial charge in [0.05, 0.1) is 30.9 Å². The van der Waals surface area contributed by atoms with E-state index in [1.807, 2.05) is 18.2 Å². The maximum absolute atomic E-state index is 14.1. The Balaban J connectivity index is 1.33. The van der Waals surface area contributed by atoms with Crippen LogP contribution in [0.2, 0.25) is 0 Å². The van der Waals surface area contributed by atoms with Gasteiger partial charge in [0, 0.05) is 16.7 Å². The summed E-state index contributed by atoms with van der Waals surface area (Å²) in [5, 5.41) is 0. The summed E-state index contributed by atoms with van der Waals surface area (Å²) in [6.07, 6.45) is 5.23. The normalized spacial score (nSPS) is 18.6. The number of rotatable bonds is 7. The highest BCUT2D eigenvalue weighted by atomic mass is 19.1. The number of nitrogens with one attached hydrogen (secondary N) is 1. The van der Waals surface area contributed by atoms with Gasteiger partial charge in [-0.05, 0) is 95.4 Å². The number of halogens is 1. The molecule has 2 aromatic carbocycles. The smallest absolute Gasteiger partial charge is 0.184 e. The Morgan fingerprint density at radius 3 is 2.74 bits per heavy atom. The first-order valence-corrected chi connectivity index (χ1v) is 12.4. The number of aromatic amines is 1. The monoisotopic (exact) mass is 467 g/mol. The van der Waals surface area contributed by atoms with Crippen LogP contribution in [0.15, 0.2) is 30.3 Å².